The summed E-state index contributed by atoms with van der Waals surface area (Å²) >= 11 is 6.24. The Balaban J connectivity index is 1.88. The zero-order chi connectivity index (χ0) is 17.6. The molecule has 1 aromatic carbocycles. The van der Waals surface area contributed by atoms with Gasteiger partial charge in [-0.2, -0.15) is 5.10 Å². The Morgan fingerprint density at radius 1 is 1.40 bits per heavy atom. The number of benzene rings is 1. The number of H-pyrrole nitrogens is 2. The van der Waals surface area contributed by atoms with E-state index in [-0.39, 0.29) is 17.7 Å². The predicted molar refractivity (Wildman–Crippen MR) is 95.7 cm³/mol. The highest BCUT2D eigenvalue weighted by atomic mass is 35.5. The lowest BCUT2D eigenvalue weighted by Gasteiger charge is -2.08. The standard InChI is InChI=1S/C17H16ClN5O2/c1-2-19-5-3-4-14-17(24)12-6-13(18)16(7-15(12)23-22-14)25-9-11-8-20-10-21-11/h6-8,10,19H,2,5,9H2,1H3,(H,20,21)(H,23,24). The van der Waals surface area contributed by atoms with Crippen LogP contribution in [0.2, 0.25) is 5.02 Å². The third-order valence-corrected chi connectivity index (χ3v) is 3.72. The number of aromatic nitrogens is 4. The van der Waals surface area contributed by atoms with Crippen molar-refractivity contribution in [1.82, 2.24) is 25.5 Å². The lowest BCUT2D eigenvalue weighted by molar-refractivity contribution is 0.302. The van der Waals surface area contributed by atoms with Gasteiger partial charge in [-0.1, -0.05) is 24.4 Å². The number of nitrogens with zero attached hydrogens (tertiary/aromatic N) is 2. The molecule has 0 spiro atoms. The van der Waals surface area contributed by atoms with Gasteiger partial charge < -0.3 is 15.0 Å². The van der Waals surface area contributed by atoms with Gasteiger partial charge in [0.05, 0.1) is 40.7 Å². The second kappa shape index (κ2) is 7.83. The topological polar surface area (TPSA) is 95.7 Å². The minimum atomic E-state index is -0.264. The van der Waals surface area contributed by atoms with Crippen LogP contribution in [-0.2, 0) is 6.61 Å². The highest BCUT2D eigenvalue weighted by Gasteiger charge is 2.10. The first-order valence-corrected chi connectivity index (χ1v) is 8.08. The summed E-state index contributed by atoms with van der Waals surface area (Å²) in [5.74, 6) is 6.08. The number of ether oxygens (including phenoxy) is 1. The monoisotopic (exact) mass is 357 g/mol. The van der Waals surface area contributed by atoms with Crippen molar-refractivity contribution < 1.29 is 4.74 Å². The van der Waals surface area contributed by atoms with Gasteiger partial charge in [0.1, 0.15) is 12.4 Å². The van der Waals surface area contributed by atoms with E-state index >= 15 is 0 Å². The summed E-state index contributed by atoms with van der Waals surface area (Å²) in [5.41, 5.74) is 1.24. The molecule has 0 amide bonds. The molecule has 0 radical (unpaired) electrons. The zero-order valence-electron chi connectivity index (χ0n) is 13.5. The maximum atomic E-state index is 12.5. The normalized spacial score (nSPS) is 10.5. The van der Waals surface area contributed by atoms with Crippen LogP contribution in [0.3, 0.4) is 0 Å². The minimum Gasteiger partial charge on any atom is -0.486 e. The highest BCUT2D eigenvalue weighted by molar-refractivity contribution is 6.32. The van der Waals surface area contributed by atoms with Gasteiger partial charge in [-0.15, -0.1) is 0 Å². The number of imidazole rings is 1. The number of nitrogens with one attached hydrogen (secondary N) is 3. The van der Waals surface area contributed by atoms with Crippen molar-refractivity contribution in [2.45, 2.75) is 13.5 Å². The molecule has 2 heterocycles. The quantitative estimate of drug-likeness (QED) is 0.478. The van der Waals surface area contributed by atoms with Crippen molar-refractivity contribution in [1.29, 1.82) is 0 Å². The van der Waals surface area contributed by atoms with Gasteiger partial charge in [0.25, 0.3) is 0 Å². The zero-order valence-corrected chi connectivity index (χ0v) is 14.3. The molecule has 0 atom stereocenters. The Morgan fingerprint density at radius 2 is 2.28 bits per heavy atom. The van der Waals surface area contributed by atoms with Crippen LogP contribution in [0.5, 0.6) is 5.75 Å². The van der Waals surface area contributed by atoms with Crippen molar-refractivity contribution in [2.75, 3.05) is 13.1 Å². The molecule has 128 valence electrons. The molecule has 3 N–H and O–H groups in total. The van der Waals surface area contributed by atoms with Crippen LogP contribution in [0.4, 0.5) is 0 Å². The van der Waals surface area contributed by atoms with Crippen molar-refractivity contribution in [3.63, 3.8) is 0 Å². The number of rotatable bonds is 5. The molecule has 25 heavy (non-hydrogen) atoms. The second-order valence-corrected chi connectivity index (χ2v) is 5.58. The summed E-state index contributed by atoms with van der Waals surface area (Å²) in [6.07, 6.45) is 3.23. The SMILES string of the molecule is CCNCC#Cc1n[nH]c2cc(OCc3cnc[nH]3)c(Cl)cc2c1=O. The summed E-state index contributed by atoms with van der Waals surface area (Å²) in [4.78, 5) is 19.3. The van der Waals surface area contributed by atoms with Gasteiger partial charge in [-0.3, -0.25) is 9.89 Å². The van der Waals surface area contributed by atoms with E-state index in [0.717, 1.165) is 12.2 Å². The molecule has 0 bridgehead atoms. The van der Waals surface area contributed by atoms with Crippen LogP contribution in [0.25, 0.3) is 10.9 Å². The third-order valence-electron chi connectivity index (χ3n) is 3.43. The first-order valence-electron chi connectivity index (χ1n) is 7.70. The van der Waals surface area contributed by atoms with Crippen LogP contribution in [0, 0.1) is 11.8 Å². The van der Waals surface area contributed by atoms with E-state index in [1.807, 2.05) is 6.92 Å². The molecule has 8 heteroatoms. The Labute approximate surface area is 148 Å². The number of hydrogen-bond acceptors (Lipinski definition) is 5. The van der Waals surface area contributed by atoms with Gasteiger partial charge in [-0.25, -0.2) is 4.98 Å². The average molecular weight is 358 g/mol. The number of fused-ring (bicyclic) bond motifs is 1. The second-order valence-electron chi connectivity index (χ2n) is 5.18. The summed E-state index contributed by atoms with van der Waals surface area (Å²) in [7, 11) is 0. The lowest BCUT2D eigenvalue weighted by Crippen LogP contribution is -2.14. The Morgan fingerprint density at radius 3 is 3.04 bits per heavy atom. The maximum absolute atomic E-state index is 12.5. The molecule has 0 aliphatic carbocycles. The predicted octanol–water partition coefficient (Wildman–Crippen LogP) is 1.84. The summed E-state index contributed by atoms with van der Waals surface area (Å²) in [6.45, 7) is 3.58. The van der Waals surface area contributed by atoms with E-state index in [1.165, 1.54) is 0 Å². The van der Waals surface area contributed by atoms with Crippen molar-refractivity contribution in [3.8, 4) is 17.6 Å². The van der Waals surface area contributed by atoms with E-state index in [9.17, 15) is 4.79 Å². The van der Waals surface area contributed by atoms with Crippen LogP contribution in [0.15, 0.2) is 29.5 Å². The molecular weight excluding hydrogens is 342 g/mol. The first kappa shape index (κ1) is 17.0. The van der Waals surface area contributed by atoms with Gasteiger partial charge in [0, 0.05) is 6.07 Å². The fourth-order valence-corrected chi connectivity index (χ4v) is 2.38. The first-order chi connectivity index (χ1) is 12.2. The fraction of sp³-hybridized carbons (Fsp3) is 0.235. The van der Waals surface area contributed by atoms with Crippen LogP contribution in [0.1, 0.15) is 18.3 Å². The smallest absolute Gasteiger partial charge is 0.223 e. The Kier molecular flexibility index (Phi) is 5.33. The van der Waals surface area contributed by atoms with Gasteiger partial charge >= 0.3 is 0 Å². The fourth-order valence-electron chi connectivity index (χ4n) is 2.16. The van der Waals surface area contributed by atoms with Crippen molar-refractivity contribution in [3.05, 3.63) is 51.3 Å². The number of aromatic amines is 2. The van der Waals surface area contributed by atoms with Gasteiger partial charge in [0.15, 0.2) is 5.69 Å². The third kappa shape index (κ3) is 3.99. The maximum Gasteiger partial charge on any atom is 0.223 e. The summed E-state index contributed by atoms with van der Waals surface area (Å²) < 4.78 is 5.66. The molecule has 0 aliphatic rings. The van der Waals surface area contributed by atoms with Crippen molar-refractivity contribution in [2.24, 2.45) is 0 Å². The van der Waals surface area contributed by atoms with Gasteiger partial charge in [-0.05, 0) is 18.5 Å². The highest BCUT2D eigenvalue weighted by Crippen LogP contribution is 2.28. The Hall–Kier alpha value is -2.82. The van der Waals surface area contributed by atoms with Crippen LogP contribution in [-0.4, -0.2) is 33.3 Å². The van der Waals surface area contributed by atoms with E-state index in [0.29, 0.717) is 28.2 Å². The van der Waals surface area contributed by atoms with Crippen LogP contribution >= 0.6 is 11.6 Å². The number of halogens is 1. The van der Waals surface area contributed by atoms with Crippen molar-refractivity contribution >= 4 is 22.5 Å². The Bertz CT molecular complexity index is 986. The van der Waals surface area contributed by atoms with E-state index in [1.54, 1.807) is 24.7 Å². The van der Waals surface area contributed by atoms with Crippen LogP contribution < -0.4 is 15.5 Å². The summed E-state index contributed by atoms with van der Waals surface area (Å²) in [6, 6.07) is 3.22. The molecular formula is C17H16ClN5O2. The molecule has 7 nitrogen and oxygen atoms in total. The minimum absolute atomic E-state index is 0.160. The largest absolute Gasteiger partial charge is 0.486 e. The molecule has 0 aliphatic heterocycles. The average Bonchev–Trinajstić information content (AvgIpc) is 3.13. The van der Waals surface area contributed by atoms with E-state index < -0.39 is 0 Å². The van der Waals surface area contributed by atoms with Gasteiger partial charge in [0.2, 0.25) is 5.43 Å². The molecule has 0 fully saturated rings. The molecule has 2 aromatic heterocycles. The molecule has 0 saturated heterocycles. The van der Waals surface area contributed by atoms with E-state index in [2.05, 4.69) is 37.3 Å². The molecule has 0 unspecified atom stereocenters. The lowest BCUT2D eigenvalue weighted by atomic mass is 10.2. The number of hydrogen-bond donors (Lipinski definition) is 3. The molecule has 0 saturated carbocycles. The molecule has 3 aromatic rings. The molecule has 3 rings (SSSR count). The summed E-state index contributed by atoms with van der Waals surface area (Å²) in [5, 5.41) is 10.7. The van der Waals surface area contributed by atoms with E-state index in [4.69, 9.17) is 16.3 Å².